The number of phenols is 1. The van der Waals surface area contributed by atoms with Crippen LogP contribution in [0.4, 0.5) is 0 Å². The van der Waals surface area contributed by atoms with Crippen LogP contribution in [-0.2, 0) is 14.3 Å². The van der Waals surface area contributed by atoms with Crippen LogP contribution in [-0.4, -0.2) is 22.8 Å². The minimum absolute atomic E-state index is 0.000560. The number of carboxylic acids is 1. The Labute approximate surface area is 181 Å². The van der Waals surface area contributed by atoms with E-state index in [9.17, 15) is 9.90 Å². The molecule has 0 spiro atoms. The summed E-state index contributed by atoms with van der Waals surface area (Å²) >= 11 is 0. The Kier molecular flexibility index (Phi) is 6.65. The molecule has 0 aromatic heterocycles. The molecule has 1 aliphatic heterocycles. The Morgan fingerprint density at radius 2 is 1.71 bits per heavy atom. The van der Waals surface area contributed by atoms with Gasteiger partial charge < -0.3 is 19.7 Å². The van der Waals surface area contributed by atoms with Gasteiger partial charge in [-0.1, -0.05) is 72.8 Å². The first kappa shape index (κ1) is 21.1. The number of ether oxygens (including phenoxy) is 2. The highest BCUT2D eigenvalue weighted by molar-refractivity contribution is 5.85. The Morgan fingerprint density at radius 3 is 2.55 bits per heavy atom. The number of hydrogen-bond donors (Lipinski definition) is 2. The van der Waals surface area contributed by atoms with Gasteiger partial charge in [0.2, 0.25) is 0 Å². The van der Waals surface area contributed by atoms with E-state index >= 15 is 0 Å². The summed E-state index contributed by atoms with van der Waals surface area (Å²) in [5, 5.41) is 21.5. The Bertz CT molecular complexity index is 1070. The second-order valence-electron chi connectivity index (χ2n) is 7.75. The molecule has 1 heterocycles. The van der Waals surface area contributed by atoms with Crippen LogP contribution in [0.15, 0.2) is 78.9 Å². The first-order valence-corrected chi connectivity index (χ1v) is 10.5. The zero-order valence-electron chi connectivity index (χ0n) is 17.2. The number of rotatable bonds is 7. The van der Waals surface area contributed by atoms with Crippen molar-refractivity contribution in [3.8, 4) is 5.75 Å². The van der Waals surface area contributed by atoms with Crippen molar-refractivity contribution in [1.29, 1.82) is 0 Å². The van der Waals surface area contributed by atoms with Crippen molar-refractivity contribution in [3.05, 3.63) is 90.0 Å². The Balaban J connectivity index is 1.58. The molecule has 0 unspecified atom stereocenters. The zero-order valence-corrected chi connectivity index (χ0v) is 17.2. The predicted octanol–water partition coefficient (Wildman–Crippen LogP) is 5.76. The fourth-order valence-electron chi connectivity index (χ4n) is 4.04. The molecule has 1 saturated heterocycles. The number of aliphatic carboxylic acids is 1. The van der Waals surface area contributed by atoms with Gasteiger partial charge in [0.1, 0.15) is 5.75 Å². The van der Waals surface area contributed by atoms with E-state index in [1.807, 2.05) is 48.6 Å². The average Bonchev–Trinajstić information content (AvgIpc) is 2.79. The molecule has 3 aromatic carbocycles. The highest BCUT2D eigenvalue weighted by atomic mass is 16.7. The minimum Gasteiger partial charge on any atom is -0.508 e. The minimum atomic E-state index is -0.806. The molecular formula is C26H26O5. The number of para-hydroxylation sites is 1. The van der Waals surface area contributed by atoms with Gasteiger partial charge in [-0.25, -0.2) is 0 Å². The van der Waals surface area contributed by atoms with Crippen LogP contribution in [0, 0.1) is 5.92 Å². The molecule has 3 aromatic rings. The van der Waals surface area contributed by atoms with Gasteiger partial charge in [-0.05, 0) is 29.7 Å². The molecule has 31 heavy (non-hydrogen) atoms. The van der Waals surface area contributed by atoms with E-state index in [4.69, 9.17) is 14.6 Å². The molecule has 0 aliphatic carbocycles. The standard InChI is InChI=1S/C26H26O5/c27-23-15-7-6-13-22(23)25-19(10-2-1-3-16-24(28)29)17-30-26(31-25)21-14-8-11-18-9-4-5-12-20(18)21/h1-2,4-9,11-15,19,25-27H,3,10,16-17H2,(H,28,29)/b2-1-/t19-,25+,26+/m1/s1. The third-order valence-corrected chi connectivity index (χ3v) is 5.61. The van der Waals surface area contributed by atoms with E-state index in [2.05, 4.69) is 18.2 Å². The number of aromatic hydroxyl groups is 1. The monoisotopic (exact) mass is 418 g/mol. The average molecular weight is 418 g/mol. The maximum Gasteiger partial charge on any atom is 0.303 e. The molecule has 0 bridgehead atoms. The van der Waals surface area contributed by atoms with E-state index in [-0.39, 0.29) is 24.2 Å². The molecule has 160 valence electrons. The summed E-state index contributed by atoms with van der Waals surface area (Å²) in [5.41, 5.74) is 1.70. The van der Waals surface area contributed by atoms with Crippen molar-refractivity contribution in [2.45, 2.75) is 31.7 Å². The molecule has 0 saturated carbocycles. The van der Waals surface area contributed by atoms with Gasteiger partial charge in [0.15, 0.2) is 6.29 Å². The molecular weight excluding hydrogens is 392 g/mol. The molecule has 1 fully saturated rings. The van der Waals surface area contributed by atoms with Gasteiger partial charge >= 0.3 is 5.97 Å². The van der Waals surface area contributed by atoms with Crippen molar-refractivity contribution in [1.82, 2.24) is 0 Å². The molecule has 5 heteroatoms. The number of phenolic OH excluding ortho intramolecular Hbond substituents is 1. The first-order valence-electron chi connectivity index (χ1n) is 10.5. The quantitative estimate of drug-likeness (QED) is 0.477. The molecule has 4 rings (SSSR count). The van der Waals surface area contributed by atoms with Gasteiger partial charge in [0, 0.05) is 23.5 Å². The summed E-state index contributed by atoms with van der Waals surface area (Å²) in [6.45, 7) is 0.468. The van der Waals surface area contributed by atoms with Crippen LogP contribution in [0.1, 0.15) is 42.8 Å². The molecule has 5 nitrogen and oxygen atoms in total. The molecule has 0 amide bonds. The lowest BCUT2D eigenvalue weighted by molar-refractivity contribution is -0.243. The van der Waals surface area contributed by atoms with Crippen molar-refractivity contribution in [3.63, 3.8) is 0 Å². The van der Waals surface area contributed by atoms with E-state index in [1.165, 1.54) is 0 Å². The summed E-state index contributed by atoms with van der Waals surface area (Å²) in [6, 6.07) is 21.4. The predicted molar refractivity (Wildman–Crippen MR) is 119 cm³/mol. The zero-order chi connectivity index (χ0) is 21.6. The topological polar surface area (TPSA) is 76.0 Å². The van der Waals surface area contributed by atoms with E-state index < -0.39 is 12.3 Å². The van der Waals surface area contributed by atoms with Crippen molar-refractivity contribution in [2.24, 2.45) is 5.92 Å². The number of carboxylic acid groups (broad SMARTS) is 1. The van der Waals surface area contributed by atoms with Gasteiger partial charge in [-0.2, -0.15) is 0 Å². The second-order valence-corrected chi connectivity index (χ2v) is 7.75. The van der Waals surface area contributed by atoms with E-state index in [0.29, 0.717) is 19.4 Å². The smallest absolute Gasteiger partial charge is 0.303 e. The van der Waals surface area contributed by atoms with Crippen LogP contribution in [0.2, 0.25) is 0 Å². The number of allylic oxidation sites excluding steroid dienone is 2. The third-order valence-electron chi connectivity index (χ3n) is 5.61. The Morgan fingerprint density at radius 1 is 0.968 bits per heavy atom. The summed E-state index contributed by atoms with van der Waals surface area (Å²) < 4.78 is 12.6. The largest absolute Gasteiger partial charge is 0.508 e. The van der Waals surface area contributed by atoms with Crippen molar-refractivity contribution in [2.75, 3.05) is 6.61 Å². The molecule has 3 atom stereocenters. The third kappa shape index (κ3) is 4.95. The fraction of sp³-hybridized carbons (Fsp3) is 0.269. The molecule has 0 radical (unpaired) electrons. The summed E-state index contributed by atoms with van der Waals surface area (Å²) in [7, 11) is 0. The van der Waals surface area contributed by atoms with E-state index in [0.717, 1.165) is 21.9 Å². The number of carbonyl (C=O) groups is 1. The van der Waals surface area contributed by atoms with Gasteiger partial charge in [-0.15, -0.1) is 0 Å². The molecule has 2 N–H and O–H groups in total. The van der Waals surface area contributed by atoms with Crippen LogP contribution in [0.3, 0.4) is 0 Å². The lowest BCUT2D eigenvalue weighted by Gasteiger charge is -2.37. The SMILES string of the molecule is O=C(O)CC/C=C\C[C@@H]1CO[C@H](c2cccc3ccccc23)O[C@@H]1c1ccccc1O. The second kappa shape index (κ2) is 9.77. The van der Waals surface area contributed by atoms with Crippen LogP contribution in [0.5, 0.6) is 5.75 Å². The highest BCUT2D eigenvalue weighted by Gasteiger charge is 2.35. The maximum atomic E-state index is 10.7. The lowest BCUT2D eigenvalue weighted by atomic mass is 9.91. The normalized spacial score (nSPS) is 21.5. The number of fused-ring (bicyclic) bond motifs is 1. The number of hydrogen-bond acceptors (Lipinski definition) is 4. The van der Waals surface area contributed by atoms with Gasteiger partial charge in [0.25, 0.3) is 0 Å². The van der Waals surface area contributed by atoms with Crippen LogP contribution < -0.4 is 0 Å². The van der Waals surface area contributed by atoms with Gasteiger partial charge in [-0.3, -0.25) is 4.79 Å². The highest BCUT2D eigenvalue weighted by Crippen LogP contribution is 2.43. The Hall–Kier alpha value is -3.15. The summed E-state index contributed by atoms with van der Waals surface area (Å²) in [6.07, 6.45) is 4.24. The number of benzene rings is 3. The molecule has 1 aliphatic rings. The maximum absolute atomic E-state index is 10.7. The summed E-state index contributed by atoms with van der Waals surface area (Å²) in [4.78, 5) is 10.7. The summed E-state index contributed by atoms with van der Waals surface area (Å²) in [5.74, 6) is -0.606. The van der Waals surface area contributed by atoms with Crippen molar-refractivity contribution < 1.29 is 24.5 Å². The van der Waals surface area contributed by atoms with Crippen molar-refractivity contribution >= 4 is 16.7 Å². The van der Waals surface area contributed by atoms with Gasteiger partial charge in [0.05, 0.1) is 12.7 Å². The van der Waals surface area contributed by atoms with E-state index in [1.54, 1.807) is 12.1 Å². The lowest BCUT2D eigenvalue weighted by Crippen LogP contribution is -2.30. The fourth-order valence-corrected chi connectivity index (χ4v) is 4.04. The first-order chi connectivity index (χ1) is 15.1. The van der Waals surface area contributed by atoms with Crippen LogP contribution in [0.25, 0.3) is 10.8 Å². The van der Waals surface area contributed by atoms with Crippen LogP contribution >= 0.6 is 0 Å².